The fourth-order valence-electron chi connectivity index (χ4n) is 13.6. The van der Waals surface area contributed by atoms with E-state index in [1.165, 1.54) is 48.8 Å². The molecule has 15 rings (SSSR count). The number of carboxylic acids is 1. The number of carbonyl (C=O) groups excluding carboxylic acids is 9. The Morgan fingerprint density at radius 3 is 1.11 bits per heavy atom. The van der Waals surface area contributed by atoms with Gasteiger partial charge >= 0.3 is 54.2 Å². The number of aromatic amines is 1. The van der Waals surface area contributed by atoms with Crippen LogP contribution in [-0.4, -0.2) is 257 Å². The molecule has 41 heteroatoms. The summed E-state index contributed by atoms with van der Waals surface area (Å²) < 4.78 is 55.2. The van der Waals surface area contributed by atoms with E-state index in [4.69, 9.17) is 71.1 Å². The number of fused-ring (bicyclic) bond motifs is 5. The van der Waals surface area contributed by atoms with Gasteiger partial charge in [0, 0.05) is 96.2 Å². The maximum absolute atomic E-state index is 14.0. The third-order valence-electron chi connectivity index (χ3n) is 20.2. The lowest BCUT2D eigenvalue weighted by Crippen LogP contribution is -2.50. The smallest absolute Gasteiger partial charge is 0.412 e. The second-order valence-corrected chi connectivity index (χ2v) is 36.0. The van der Waals surface area contributed by atoms with Crippen LogP contribution >= 0.6 is 11.6 Å². The third-order valence-corrected chi connectivity index (χ3v) is 20.4. The summed E-state index contributed by atoms with van der Waals surface area (Å²) in [6.07, 6.45) is 5.85. The number of aromatic carboxylic acids is 1. The first-order valence-electron chi connectivity index (χ1n) is 45.0. The van der Waals surface area contributed by atoms with Gasteiger partial charge in [-0.2, -0.15) is 0 Å². The molecule has 0 bridgehead atoms. The highest BCUT2D eigenvalue weighted by Crippen LogP contribution is 2.29. The minimum absolute atomic E-state index is 0.137. The Bertz CT molecular complexity index is 6560. The largest absolute Gasteiger partial charge is 0.478 e. The number of piperazine rings is 3. The van der Waals surface area contributed by atoms with Gasteiger partial charge in [0.2, 0.25) is 0 Å². The summed E-state index contributed by atoms with van der Waals surface area (Å²) in [5, 5.41) is 12.0. The van der Waals surface area contributed by atoms with E-state index >= 15 is 0 Å². The molecule has 0 unspecified atom stereocenters. The number of Topliss-reactive ketones (excluding diaryl/α,β-unsaturated/α-hetero) is 1. The van der Waals surface area contributed by atoms with Crippen LogP contribution in [0.5, 0.6) is 0 Å². The zero-order chi connectivity index (χ0) is 102. The lowest BCUT2D eigenvalue weighted by Gasteiger charge is -2.36. The number of halogens is 2. The Kier molecular flexibility index (Phi) is 36.4. The van der Waals surface area contributed by atoms with Crippen LogP contribution in [0.2, 0.25) is 5.15 Å². The molecule has 0 saturated carbocycles. The first-order valence-corrected chi connectivity index (χ1v) is 45.4. The van der Waals surface area contributed by atoms with Crippen LogP contribution in [0.25, 0.3) is 55.2 Å². The maximum atomic E-state index is 14.0. The number of nitrogens with zero attached hydrogens (tertiary/aromatic N) is 15. The van der Waals surface area contributed by atoms with Crippen molar-refractivity contribution in [3.8, 4) is 0 Å². The van der Waals surface area contributed by atoms with Crippen molar-refractivity contribution < 1.29 is 95.3 Å². The zero-order valence-electron chi connectivity index (χ0n) is 80.9. The number of nitrogens with two attached hydrogens (primary N) is 2. The number of hydrogen-bond acceptors (Lipinski definition) is 33. The average Bonchev–Trinajstić information content (AvgIpc) is 0.764. The summed E-state index contributed by atoms with van der Waals surface area (Å²) >= 11 is 5.71. The van der Waals surface area contributed by atoms with E-state index in [0.717, 1.165) is 5.82 Å². The lowest BCUT2D eigenvalue weighted by molar-refractivity contribution is 0.0230. The van der Waals surface area contributed by atoms with Crippen molar-refractivity contribution in [3.05, 3.63) is 219 Å². The normalized spacial score (nSPS) is 13.2. The maximum Gasteiger partial charge on any atom is 0.412 e. The van der Waals surface area contributed by atoms with Crippen molar-refractivity contribution in [1.29, 1.82) is 0 Å². The van der Waals surface area contributed by atoms with Crippen molar-refractivity contribution in [2.24, 2.45) is 0 Å². The van der Waals surface area contributed by atoms with E-state index in [9.17, 15) is 57.1 Å². The zero-order valence-corrected chi connectivity index (χ0v) is 81.6. The van der Waals surface area contributed by atoms with E-state index in [-0.39, 0.29) is 59.5 Å². The molecule has 39 nitrogen and oxygen atoms in total. The number of benzene rings is 7. The number of anilines is 6. The van der Waals surface area contributed by atoms with Gasteiger partial charge in [-0.3, -0.25) is 34.8 Å². The molecule has 0 aliphatic carbocycles. The van der Waals surface area contributed by atoms with Crippen LogP contribution in [0.1, 0.15) is 178 Å². The van der Waals surface area contributed by atoms with Gasteiger partial charge in [-0.25, -0.2) is 72.5 Å². The second kappa shape index (κ2) is 47.9. The number of ether oxygens (including phenoxy) is 8. The van der Waals surface area contributed by atoms with Gasteiger partial charge in [0.25, 0.3) is 5.56 Å². The summed E-state index contributed by atoms with van der Waals surface area (Å²) in [5.74, 6) is -1.14. The third kappa shape index (κ3) is 31.7. The Morgan fingerprint density at radius 2 is 0.729 bits per heavy atom. The molecule has 740 valence electrons. The van der Waals surface area contributed by atoms with Crippen LogP contribution in [0, 0.1) is 5.82 Å². The Hall–Kier alpha value is -15.6. The number of carbonyl (C=O) groups is 10. The fourth-order valence-corrected chi connectivity index (χ4v) is 13.7. The van der Waals surface area contributed by atoms with Gasteiger partial charge < -0.3 is 88.9 Å². The molecule has 8 heterocycles. The molecule has 3 aliphatic rings. The minimum atomic E-state index is -0.990. The topological polar surface area (TPSA) is 497 Å². The summed E-state index contributed by atoms with van der Waals surface area (Å²) in [5.41, 5.74) is 18.4. The monoisotopic (exact) mass is 1940 g/mol. The molecular weight excluding hydrogens is 1830 g/mol. The first-order chi connectivity index (χ1) is 66.2. The van der Waals surface area contributed by atoms with E-state index in [0.29, 0.717) is 227 Å². The SMILES string of the molecule is CC(C)(C)OC(=O)N1CCN(c2cnc3cc(C(=O)O)ccc3n2)CC1.CC(C)(C)OC(=O)Nc1ccc(F)cc1CC(=O)c1ccc2nc(N3CCN(C(=O)OC(C)(C)C)CC3)cnc2c1.CCOC(=O)c1ccc(N)c(N)c1.CCOC(=O)c1ccc2[nH]c(=O)cnc2c1.CCOC(=O)c1ccc2nc(Cl)cnc2c1.CCOC(=O)c1ccc2nc(N3CCN(C(=O)OC(C)(C)C)CC3)cnc2c1. The van der Waals surface area contributed by atoms with E-state index < -0.39 is 46.3 Å². The summed E-state index contributed by atoms with van der Waals surface area (Å²) in [7, 11) is 0. The Morgan fingerprint density at radius 1 is 0.393 bits per heavy atom. The van der Waals surface area contributed by atoms with Crippen molar-refractivity contribution in [2.75, 3.05) is 136 Å². The summed E-state index contributed by atoms with van der Waals surface area (Å²) in [4.78, 5) is 183. The molecule has 0 spiro atoms. The number of esters is 4. The van der Waals surface area contributed by atoms with Gasteiger partial charge in [-0.05, 0) is 244 Å². The average molecular weight is 1950 g/mol. The first kappa shape index (κ1) is 106. The van der Waals surface area contributed by atoms with Crippen molar-refractivity contribution in [1.82, 2.24) is 64.5 Å². The molecule has 3 saturated heterocycles. The Labute approximate surface area is 811 Å². The Balaban J connectivity index is 0.000000181. The summed E-state index contributed by atoms with van der Waals surface area (Å²) in [6.45, 7) is 37.2. The lowest BCUT2D eigenvalue weighted by atomic mass is 10.0. The molecule has 3 aliphatic heterocycles. The van der Waals surface area contributed by atoms with E-state index in [1.54, 1.807) is 173 Å². The standard InChI is InChI=1S/C30H36FN5O5.C20H26N4O4.C18H22N4O4.C11H9ClN2O2.C11H10N2O3.C9H12N2O2/c1-29(2,3)40-27(38)34-22-10-8-21(31)15-20(22)17-25(37)19-7-9-23-24(16-19)32-18-26(33-23)35-11-13-36(14-12-35)28(39)41-30(4,5)6;1-5-27-18(25)14-6-7-15-16(12-14)21-13-17(22-15)23-8-10-24(11-9-23)19(26)28-20(2,3)4;1-18(2,3)26-17(25)22-8-6-21(7-9-22)15-11-19-14-10-12(16(23)24)4-5-13(14)20-15;1-2-16-11(15)7-3-4-8-9(5-7)13-6-10(12)14-8;1-2-16-11(15)7-3-4-8-9(5-7)12-6-10(14)13-8;1-2-13-9(12)6-3-4-7(10)8(11)5-6/h7-10,15-16,18H,11-14,17H2,1-6H3,(H,34,38);6-7,12-13H,5,8-11H2,1-4H3;4-5,10-11H,6-9H2,1-3H3,(H,23,24);3-6H,2H2,1H3;3-6H,2H2,1H3,(H,13,14);3-5H,2,10-11H2,1H3. The number of nitrogen functional groups attached to an aromatic ring is 2. The number of ketones is 1. The van der Waals surface area contributed by atoms with Crippen LogP contribution in [0.4, 0.5) is 58.1 Å². The van der Waals surface area contributed by atoms with Crippen molar-refractivity contribution in [3.63, 3.8) is 0 Å². The highest BCUT2D eigenvalue weighted by atomic mass is 35.5. The van der Waals surface area contributed by atoms with Gasteiger partial charge in [0.15, 0.2) is 5.78 Å². The van der Waals surface area contributed by atoms with Gasteiger partial charge in [-0.1, -0.05) is 11.6 Å². The van der Waals surface area contributed by atoms with Crippen LogP contribution in [-0.2, 0) is 44.3 Å². The highest BCUT2D eigenvalue weighted by molar-refractivity contribution is 6.29. The van der Waals surface area contributed by atoms with Gasteiger partial charge in [0.05, 0.1) is 152 Å². The molecule has 5 aromatic heterocycles. The van der Waals surface area contributed by atoms with Crippen LogP contribution in [0.15, 0.2) is 163 Å². The molecule has 7 aromatic carbocycles. The number of carboxylic acid groups (broad SMARTS) is 1. The molecule has 3 fully saturated rings. The predicted molar refractivity (Wildman–Crippen MR) is 526 cm³/mol. The number of rotatable bonds is 16. The van der Waals surface area contributed by atoms with Crippen molar-refractivity contribution in [2.45, 2.75) is 140 Å². The number of amides is 4. The fraction of sp³-hybridized carbons (Fsp3) is 0.374. The van der Waals surface area contributed by atoms with Gasteiger partial charge in [-0.15, -0.1) is 0 Å². The molecule has 12 aromatic rings. The molecule has 4 amide bonds. The highest BCUT2D eigenvalue weighted by Gasteiger charge is 2.32. The quantitative estimate of drug-likeness (QED) is 0.0259. The summed E-state index contributed by atoms with van der Waals surface area (Å²) in [6, 6.07) is 33.2. The van der Waals surface area contributed by atoms with Crippen LogP contribution in [0.3, 0.4) is 0 Å². The number of H-pyrrole nitrogens is 1. The molecule has 7 N–H and O–H groups in total. The number of hydrogen-bond donors (Lipinski definition) is 5. The molecule has 140 heavy (non-hydrogen) atoms. The van der Waals surface area contributed by atoms with Gasteiger partial charge in [0.1, 0.15) is 50.8 Å². The molecular formula is C99H115ClFN19O20. The predicted octanol–water partition coefficient (Wildman–Crippen LogP) is 15.4. The minimum Gasteiger partial charge on any atom is -0.478 e. The number of nitrogens with one attached hydrogen (secondary N) is 2. The van der Waals surface area contributed by atoms with Crippen LogP contribution < -0.4 is 37.0 Å². The van der Waals surface area contributed by atoms with Crippen molar-refractivity contribution >= 4 is 161 Å². The molecule has 0 radical (unpaired) electrons. The van der Waals surface area contributed by atoms with E-state index in [2.05, 4.69) is 64.9 Å². The second-order valence-electron chi connectivity index (χ2n) is 35.6. The number of aromatic nitrogens is 10. The molecule has 0 atom stereocenters. The van der Waals surface area contributed by atoms with E-state index in [1.807, 2.05) is 62.3 Å².